The summed E-state index contributed by atoms with van der Waals surface area (Å²) in [6.07, 6.45) is 5.24. The summed E-state index contributed by atoms with van der Waals surface area (Å²) in [5, 5.41) is 0.119. The Labute approximate surface area is 136 Å². The van der Waals surface area contributed by atoms with Gasteiger partial charge in [-0.1, -0.05) is 32.3 Å². The number of hydrogen-bond acceptors (Lipinski definition) is 4. The minimum Gasteiger partial charge on any atom is -0.454 e. The smallest absolute Gasteiger partial charge is 0.231 e. The lowest BCUT2D eigenvalue weighted by Gasteiger charge is -2.24. The number of rotatable bonds is 6. The summed E-state index contributed by atoms with van der Waals surface area (Å²) >= 11 is 1.83. The van der Waals surface area contributed by atoms with Crippen LogP contribution in [0.3, 0.4) is 0 Å². The second-order valence-corrected chi connectivity index (χ2v) is 6.92. The van der Waals surface area contributed by atoms with Crippen molar-refractivity contribution in [3.8, 4) is 11.5 Å². The summed E-state index contributed by atoms with van der Waals surface area (Å²) in [5.74, 6) is 2.87. The van der Waals surface area contributed by atoms with Crippen LogP contribution in [-0.2, 0) is 4.79 Å². The maximum atomic E-state index is 12.5. The number of ether oxygens (including phenoxy) is 2. The van der Waals surface area contributed by atoms with Crippen molar-refractivity contribution in [1.29, 1.82) is 0 Å². The van der Waals surface area contributed by atoms with E-state index in [0.29, 0.717) is 6.42 Å². The Morgan fingerprint density at radius 3 is 3.00 bits per heavy atom. The highest BCUT2D eigenvalue weighted by atomic mass is 32.2. The fraction of sp³-hybridized carbons (Fsp3) is 0.588. The van der Waals surface area contributed by atoms with Crippen molar-refractivity contribution < 1.29 is 14.3 Å². The zero-order valence-electron chi connectivity index (χ0n) is 13.0. The van der Waals surface area contributed by atoms with Crippen molar-refractivity contribution in [2.24, 2.45) is 0 Å². The van der Waals surface area contributed by atoms with Crippen LogP contribution in [0.4, 0.5) is 0 Å². The van der Waals surface area contributed by atoms with E-state index in [-0.39, 0.29) is 18.1 Å². The maximum Gasteiger partial charge on any atom is 0.231 e. The average Bonchev–Trinajstić information content (AvgIpc) is 3.18. The lowest BCUT2D eigenvalue weighted by atomic mass is 10.1. The molecular weight excluding hydrogens is 298 g/mol. The van der Waals surface area contributed by atoms with E-state index < -0.39 is 0 Å². The molecule has 2 aliphatic heterocycles. The SMILES string of the molecule is CCCCCCC(=O)N1CCS[C@@H]1c1ccc2c(c1)OCO2. The van der Waals surface area contributed by atoms with E-state index in [4.69, 9.17) is 9.47 Å². The van der Waals surface area contributed by atoms with Crippen LogP contribution in [0.15, 0.2) is 18.2 Å². The van der Waals surface area contributed by atoms with Crippen LogP contribution in [0.5, 0.6) is 11.5 Å². The predicted molar refractivity (Wildman–Crippen MR) is 88.2 cm³/mol. The molecule has 2 aliphatic rings. The first kappa shape index (κ1) is 15.5. The molecule has 1 fully saturated rings. The van der Waals surface area contributed by atoms with Gasteiger partial charge in [0.05, 0.1) is 0 Å². The van der Waals surface area contributed by atoms with Gasteiger partial charge < -0.3 is 14.4 Å². The van der Waals surface area contributed by atoms with Crippen molar-refractivity contribution in [2.75, 3.05) is 19.1 Å². The first-order chi connectivity index (χ1) is 10.8. The highest BCUT2D eigenvalue weighted by Crippen LogP contribution is 2.42. The van der Waals surface area contributed by atoms with Crippen LogP contribution in [-0.4, -0.2) is 29.9 Å². The number of hydrogen-bond donors (Lipinski definition) is 0. The monoisotopic (exact) mass is 321 g/mol. The van der Waals surface area contributed by atoms with E-state index in [1.54, 1.807) is 0 Å². The van der Waals surface area contributed by atoms with Gasteiger partial charge in [-0.05, 0) is 24.1 Å². The summed E-state index contributed by atoms with van der Waals surface area (Å²) in [7, 11) is 0. The molecule has 2 heterocycles. The van der Waals surface area contributed by atoms with Gasteiger partial charge in [0.1, 0.15) is 5.37 Å². The quantitative estimate of drug-likeness (QED) is 0.743. The normalized spacial score (nSPS) is 19.7. The van der Waals surface area contributed by atoms with Crippen LogP contribution in [0.2, 0.25) is 0 Å². The second-order valence-electron chi connectivity index (χ2n) is 5.73. The lowest BCUT2D eigenvalue weighted by Crippen LogP contribution is -2.30. The molecule has 0 N–H and O–H groups in total. The number of fused-ring (bicyclic) bond motifs is 1. The predicted octanol–water partition coefficient (Wildman–Crippen LogP) is 3.96. The number of carbonyl (C=O) groups is 1. The van der Waals surface area contributed by atoms with E-state index in [2.05, 4.69) is 6.92 Å². The summed E-state index contributed by atoms with van der Waals surface area (Å²) in [6.45, 7) is 3.32. The Morgan fingerprint density at radius 1 is 1.27 bits per heavy atom. The number of nitrogens with zero attached hydrogens (tertiary/aromatic N) is 1. The minimum absolute atomic E-state index is 0.119. The van der Waals surface area contributed by atoms with Gasteiger partial charge in [-0.15, -0.1) is 11.8 Å². The summed E-state index contributed by atoms with van der Waals surface area (Å²) < 4.78 is 10.8. The van der Waals surface area contributed by atoms with E-state index in [1.807, 2.05) is 34.9 Å². The maximum absolute atomic E-state index is 12.5. The largest absolute Gasteiger partial charge is 0.454 e. The van der Waals surface area contributed by atoms with Gasteiger partial charge in [0.25, 0.3) is 0 Å². The highest BCUT2D eigenvalue weighted by molar-refractivity contribution is 7.99. The van der Waals surface area contributed by atoms with Crippen molar-refractivity contribution in [3.05, 3.63) is 23.8 Å². The molecule has 1 atom stereocenters. The molecule has 0 unspecified atom stereocenters. The Morgan fingerprint density at radius 2 is 2.14 bits per heavy atom. The molecule has 0 aromatic heterocycles. The molecular formula is C17H23NO3S. The molecule has 5 heteroatoms. The molecule has 22 heavy (non-hydrogen) atoms. The number of carbonyl (C=O) groups excluding carboxylic acids is 1. The summed E-state index contributed by atoms with van der Waals surface area (Å²) in [5.41, 5.74) is 1.13. The molecule has 0 bridgehead atoms. The number of amides is 1. The van der Waals surface area contributed by atoms with Crippen LogP contribution in [0, 0.1) is 0 Å². The molecule has 0 spiro atoms. The molecule has 3 rings (SSSR count). The lowest BCUT2D eigenvalue weighted by molar-refractivity contribution is -0.131. The third kappa shape index (κ3) is 3.35. The van der Waals surface area contributed by atoms with Crippen LogP contribution in [0.1, 0.15) is 50.0 Å². The standard InChI is InChI=1S/C17H23NO3S/c1-2-3-4-5-6-16(19)18-9-10-22-17(18)13-7-8-14-15(11-13)21-12-20-14/h7-8,11,17H,2-6,9-10,12H2,1H3/t17-/m1/s1. The molecule has 0 saturated carbocycles. The third-order valence-corrected chi connectivity index (χ3v) is 5.40. The van der Waals surface area contributed by atoms with Crippen LogP contribution in [0.25, 0.3) is 0 Å². The van der Waals surface area contributed by atoms with Gasteiger partial charge in [-0.25, -0.2) is 0 Å². The van der Waals surface area contributed by atoms with E-state index in [0.717, 1.165) is 42.2 Å². The Balaban J connectivity index is 1.64. The molecule has 1 saturated heterocycles. The van der Waals surface area contributed by atoms with Gasteiger partial charge in [-0.2, -0.15) is 0 Å². The van der Waals surface area contributed by atoms with Crippen LogP contribution >= 0.6 is 11.8 Å². The van der Waals surface area contributed by atoms with Gasteiger partial charge in [0, 0.05) is 18.7 Å². The zero-order valence-corrected chi connectivity index (χ0v) is 13.9. The van der Waals surface area contributed by atoms with Crippen molar-refractivity contribution >= 4 is 17.7 Å². The van der Waals surface area contributed by atoms with Crippen LogP contribution < -0.4 is 9.47 Å². The molecule has 1 amide bonds. The van der Waals surface area contributed by atoms with E-state index in [1.165, 1.54) is 12.8 Å². The van der Waals surface area contributed by atoms with Gasteiger partial charge in [0.15, 0.2) is 11.5 Å². The molecule has 0 aliphatic carbocycles. The minimum atomic E-state index is 0.119. The first-order valence-corrected chi connectivity index (χ1v) is 9.15. The Hall–Kier alpha value is -1.36. The number of unbranched alkanes of at least 4 members (excludes halogenated alkanes) is 3. The van der Waals surface area contributed by atoms with Gasteiger partial charge in [-0.3, -0.25) is 4.79 Å². The fourth-order valence-electron chi connectivity index (χ4n) is 2.91. The Kier molecular flexibility index (Phi) is 5.13. The first-order valence-electron chi connectivity index (χ1n) is 8.10. The summed E-state index contributed by atoms with van der Waals surface area (Å²) in [4.78, 5) is 14.5. The molecule has 1 aromatic carbocycles. The van der Waals surface area contributed by atoms with Gasteiger partial charge in [0.2, 0.25) is 12.7 Å². The van der Waals surface area contributed by atoms with E-state index >= 15 is 0 Å². The Bertz CT molecular complexity index is 535. The number of benzene rings is 1. The van der Waals surface area contributed by atoms with E-state index in [9.17, 15) is 4.79 Å². The van der Waals surface area contributed by atoms with Crippen molar-refractivity contribution in [1.82, 2.24) is 4.90 Å². The highest BCUT2D eigenvalue weighted by Gasteiger charge is 2.31. The molecule has 4 nitrogen and oxygen atoms in total. The van der Waals surface area contributed by atoms with Gasteiger partial charge >= 0.3 is 0 Å². The topological polar surface area (TPSA) is 38.8 Å². The average molecular weight is 321 g/mol. The van der Waals surface area contributed by atoms with Crippen molar-refractivity contribution in [2.45, 2.75) is 44.4 Å². The third-order valence-electron chi connectivity index (χ3n) is 4.14. The molecule has 120 valence electrons. The molecule has 1 aromatic rings. The van der Waals surface area contributed by atoms with Crippen molar-refractivity contribution in [3.63, 3.8) is 0 Å². The fourth-order valence-corrected chi connectivity index (χ4v) is 4.18. The second kappa shape index (κ2) is 7.27. The number of thioether (sulfide) groups is 1. The summed E-state index contributed by atoms with van der Waals surface area (Å²) in [6, 6.07) is 6.01. The molecule has 0 radical (unpaired) electrons. The zero-order chi connectivity index (χ0) is 15.4.